The molecular formula is C19H23ClN2O4. The minimum absolute atomic E-state index is 0.219. The van der Waals surface area contributed by atoms with Gasteiger partial charge in [-0.2, -0.15) is 0 Å². The maximum atomic E-state index is 12.2. The first-order valence-corrected chi connectivity index (χ1v) is 8.45. The van der Waals surface area contributed by atoms with Gasteiger partial charge < -0.3 is 24.8 Å². The lowest BCUT2D eigenvalue weighted by Gasteiger charge is -2.17. The van der Waals surface area contributed by atoms with E-state index in [-0.39, 0.29) is 12.1 Å². The zero-order valence-electron chi connectivity index (χ0n) is 15.3. The maximum Gasteiger partial charge on any atom is 0.315 e. The molecule has 140 valence electrons. The van der Waals surface area contributed by atoms with E-state index in [0.717, 1.165) is 11.1 Å². The van der Waals surface area contributed by atoms with Crippen LogP contribution in [-0.2, 0) is 6.54 Å². The van der Waals surface area contributed by atoms with Gasteiger partial charge in [-0.1, -0.05) is 29.8 Å². The number of halogens is 1. The number of urea groups is 1. The molecule has 2 aromatic rings. The van der Waals surface area contributed by atoms with Gasteiger partial charge in [-0.15, -0.1) is 0 Å². The van der Waals surface area contributed by atoms with Crippen molar-refractivity contribution in [1.82, 2.24) is 10.6 Å². The SMILES string of the molecule is COc1cc(CNC(=O)NC(C)c2ccccc2Cl)cc(OC)c1OC. The van der Waals surface area contributed by atoms with Gasteiger partial charge in [-0.3, -0.25) is 0 Å². The molecule has 0 aliphatic heterocycles. The van der Waals surface area contributed by atoms with Crippen molar-refractivity contribution in [3.63, 3.8) is 0 Å². The molecule has 0 fully saturated rings. The Balaban J connectivity index is 2.02. The van der Waals surface area contributed by atoms with Crippen LogP contribution in [0.4, 0.5) is 4.79 Å². The van der Waals surface area contributed by atoms with Crippen LogP contribution >= 0.6 is 11.6 Å². The van der Waals surface area contributed by atoms with E-state index in [1.54, 1.807) is 39.5 Å². The number of nitrogens with one attached hydrogen (secondary N) is 2. The molecule has 0 aliphatic carbocycles. The third-order valence-electron chi connectivity index (χ3n) is 3.90. The monoisotopic (exact) mass is 378 g/mol. The van der Waals surface area contributed by atoms with E-state index in [1.165, 1.54) is 0 Å². The Morgan fingerprint density at radius 3 is 2.23 bits per heavy atom. The molecular weight excluding hydrogens is 356 g/mol. The number of amides is 2. The van der Waals surface area contributed by atoms with Crippen molar-refractivity contribution in [2.24, 2.45) is 0 Å². The van der Waals surface area contributed by atoms with Gasteiger partial charge in [0.15, 0.2) is 11.5 Å². The molecule has 26 heavy (non-hydrogen) atoms. The Morgan fingerprint density at radius 2 is 1.69 bits per heavy atom. The normalized spacial score (nSPS) is 11.4. The van der Waals surface area contributed by atoms with Crippen molar-refractivity contribution >= 4 is 17.6 Å². The molecule has 0 saturated carbocycles. The molecule has 1 atom stereocenters. The fourth-order valence-corrected chi connectivity index (χ4v) is 2.87. The molecule has 7 heteroatoms. The molecule has 6 nitrogen and oxygen atoms in total. The second-order valence-corrected chi connectivity index (χ2v) is 6.01. The van der Waals surface area contributed by atoms with Gasteiger partial charge in [-0.25, -0.2) is 4.79 Å². The van der Waals surface area contributed by atoms with E-state index >= 15 is 0 Å². The first-order valence-electron chi connectivity index (χ1n) is 8.07. The summed E-state index contributed by atoms with van der Waals surface area (Å²) in [5.74, 6) is 1.58. The third-order valence-corrected chi connectivity index (χ3v) is 4.24. The van der Waals surface area contributed by atoms with Gasteiger partial charge >= 0.3 is 6.03 Å². The predicted octanol–water partition coefficient (Wildman–Crippen LogP) is 3.93. The number of hydrogen-bond donors (Lipinski definition) is 2. The Morgan fingerprint density at radius 1 is 1.08 bits per heavy atom. The highest BCUT2D eigenvalue weighted by Crippen LogP contribution is 2.38. The van der Waals surface area contributed by atoms with Crippen LogP contribution < -0.4 is 24.8 Å². The number of carbonyl (C=O) groups is 1. The number of hydrogen-bond acceptors (Lipinski definition) is 4. The molecule has 0 saturated heterocycles. The summed E-state index contributed by atoms with van der Waals surface area (Å²) in [6.07, 6.45) is 0. The second-order valence-electron chi connectivity index (χ2n) is 5.60. The van der Waals surface area contributed by atoms with Crippen molar-refractivity contribution < 1.29 is 19.0 Å². The first kappa shape index (κ1) is 19.7. The molecule has 0 bridgehead atoms. The topological polar surface area (TPSA) is 68.8 Å². The summed E-state index contributed by atoms with van der Waals surface area (Å²) >= 11 is 6.16. The zero-order chi connectivity index (χ0) is 19.1. The molecule has 0 aliphatic rings. The summed E-state index contributed by atoms with van der Waals surface area (Å²) in [6.45, 7) is 2.18. The number of carbonyl (C=O) groups excluding carboxylic acids is 1. The summed E-state index contributed by atoms with van der Waals surface area (Å²) in [4.78, 5) is 12.2. The van der Waals surface area contributed by atoms with Crippen LogP contribution in [0.15, 0.2) is 36.4 Å². The van der Waals surface area contributed by atoms with Gasteiger partial charge in [0, 0.05) is 11.6 Å². The van der Waals surface area contributed by atoms with E-state index in [4.69, 9.17) is 25.8 Å². The van der Waals surface area contributed by atoms with E-state index in [0.29, 0.717) is 28.8 Å². The fourth-order valence-electron chi connectivity index (χ4n) is 2.57. The molecule has 0 spiro atoms. The summed E-state index contributed by atoms with van der Waals surface area (Å²) < 4.78 is 15.9. The van der Waals surface area contributed by atoms with E-state index in [9.17, 15) is 4.79 Å². The summed E-state index contributed by atoms with van der Waals surface area (Å²) in [6, 6.07) is 10.5. The molecule has 0 heterocycles. The molecule has 1 unspecified atom stereocenters. The van der Waals surface area contributed by atoms with E-state index in [2.05, 4.69) is 10.6 Å². The molecule has 2 N–H and O–H groups in total. The molecule has 2 amide bonds. The Labute approximate surface area is 158 Å². The maximum absolute atomic E-state index is 12.2. The van der Waals surface area contributed by atoms with Crippen LogP contribution in [0.5, 0.6) is 17.2 Å². The van der Waals surface area contributed by atoms with Crippen molar-refractivity contribution in [3.8, 4) is 17.2 Å². The third kappa shape index (κ3) is 4.73. The quantitative estimate of drug-likeness (QED) is 0.766. The highest BCUT2D eigenvalue weighted by molar-refractivity contribution is 6.31. The van der Waals surface area contributed by atoms with Gasteiger partial charge in [-0.05, 0) is 36.2 Å². The van der Waals surface area contributed by atoms with Crippen molar-refractivity contribution in [2.75, 3.05) is 21.3 Å². The van der Waals surface area contributed by atoms with Gasteiger partial charge in [0.2, 0.25) is 5.75 Å². The minimum Gasteiger partial charge on any atom is -0.493 e. The van der Waals surface area contributed by atoms with Gasteiger partial charge in [0.25, 0.3) is 0 Å². The standard InChI is InChI=1S/C19H23ClN2O4/c1-12(14-7-5-6-8-15(14)20)22-19(23)21-11-13-9-16(24-2)18(26-4)17(10-13)25-3/h5-10,12H,11H2,1-4H3,(H2,21,22,23). The minimum atomic E-state index is -0.300. The zero-order valence-corrected chi connectivity index (χ0v) is 16.0. The largest absolute Gasteiger partial charge is 0.493 e. The second kappa shape index (κ2) is 9.20. The van der Waals surface area contributed by atoms with E-state index < -0.39 is 0 Å². The van der Waals surface area contributed by atoms with Crippen LogP contribution in [0, 0.1) is 0 Å². The van der Waals surface area contributed by atoms with Crippen molar-refractivity contribution in [2.45, 2.75) is 19.5 Å². The summed E-state index contributed by atoms with van der Waals surface area (Å²) in [7, 11) is 4.64. The Hall–Kier alpha value is -2.60. The van der Waals surface area contributed by atoms with Crippen molar-refractivity contribution in [1.29, 1.82) is 0 Å². The van der Waals surface area contributed by atoms with Crippen LogP contribution in [0.2, 0.25) is 5.02 Å². The lowest BCUT2D eigenvalue weighted by Crippen LogP contribution is -2.36. The number of benzene rings is 2. The first-order chi connectivity index (χ1) is 12.5. The van der Waals surface area contributed by atoms with E-state index in [1.807, 2.05) is 25.1 Å². The number of methoxy groups -OCH3 is 3. The highest BCUT2D eigenvalue weighted by atomic mass is 35.5. The van der Waals surface area contributed by atoms with Crippen molar-refractivity contribution in [3.05, 3.63) is 52.5 Å². The predicted molar refractivity (Wildman–Crippen MR) is 101 cm³/mol. The van der Waals surface area contributed by atoms with Crippen LogP contribution in [0.3, 0.4) is 0 Å². The van der Waals surface area contributed by atoms with Crippen LogP contribution in [0.25, 0.3) is 0 Å². The molecule has 2 rings (SSSR count). The van der Waals surface area contributed by atoms with Crippen LogP contribution in [-0.4, -0.2) is 27.4 Å². The summed E-state index contributed by atoms with van der Waals surface area (Å²) in [5.41, 5.74) is 1.68. The van der Waals surface area contributed by atoms with Gasteiger partial charge in [0.05, 0.1) is 27.4 Å². The van der Waals surface area contributed by atoms with Crippen LogP contribution in [0.1, 0.15) is 24.1 Å². The average Bonchev–Trinajstić information content (AvgIpc) is 2.65. The fraction of sp³-hybridized carbons (Fsp3) is 0.316. The Kier molecular flexibility index (Phi) is 6.97. The molecule has 2 aromatic carbocycles. The number of rotatable bonds is 7. The van der Waals surface area contributed by atoms with Gasteiger partial charge in [0.1, 0.15) is 0 Å². The Bertz CT molecular complexity index is 742. The lowest BCUT2D eigenvalue weighted by atomic mass is 10.1. The smallest absolute Gasteiger partial charge is 0.315 e. The summed E-state index contributed by atoms with van der Waals surface area (Å²) in [5, 5.41) is 6.30. The average molecular weight is 379 g/mol. The lowest BCUT2D eigenvalue weighted by molar-refractivity contribution is 0.237. The molecule has 0 radical (unpaired) electrons. The molecule has 0 aromatic heterocycles. The number of ether oxygens (including phenoxy) is 3. The highest BCUT2D eigenvalue weighted by Gasteiger charge is 2.15.